The Morgan fingerprint density at radius 3 is 2.40 bits per heavy atom. The van der Waals surface area contributed by atoms with Gasteiger partial charge in [0.25, 0.3) is 0 Å². The van der Waals surface area contributed by atoms with Crippen molar-refractivity contribution in [2.24, 2.45) is 5.92 Å². The molecule has 0 bridgehead atoms. The van der Waals surface area contributed by atoms with E-state index in [0.29, 0.717) is 11.3 Å². The molecule has 2 unspecified atom stereocenters. The number of nitrogens with one attached hydrogen (secondary N) is 1. The Morgan fingerprint density at radius 2 is 1.88 bits per heavy atom. The van der Waals surface area contributed by atoms with Gasteiger partial charge in [0.15, 0.2) is 0 Å². The number of anilines is 1. The second-order valence-electron chi connectivity index (χ2n) is 6.08. The van der Waals surface area contributed by atoms with E-state index in [0.717, 1.165) is 12.5 Å². The topological polar surface area (TPSA) is 55.4 Å². The van der Waals surface area contributed by atoms with Crippen molar-refractivity contribution < 1.29 is 18.7 Å². The first-order valence-electron chi connectivity index (χ1n) is 8.36. The molecule has 2 atom stereocenters. The van der Waals surface area contributed by atoms with Crippen LogP contribution >= 0.6 is 23.4 Å². The molecule has 0 aliphatic rings. The molecule has 1 N–H and O–H groups in total. The van der Waals surface area contributed by atoms with E-state index in [9.17, 15) is 14.0 Å². The van der Waals surface area contributed by atoms with Gasteiger partial charge in [0.05, 0.1) is 16.8 Å². The van der Waals surface area contributed by atoms with Gasteiger partial charge in [-0.15, -0.1) is 11.8 Å². The summed E-state index contributed by atoms with van der Waals surface area (Å²) in [5, 5.41) is 2.28. The summed E-state index contributed by atoms with van der Waals surface area (Å²) >= 11 is 7.32. The van der Waals surface area contributed by atoms with Crippen molar-refractivity contribution in [3.63, 3.8) is 0 Å². The summed E-state index contributed by atoms with van der Waals surface area (Å²) in [5.41, 5.74) is 0.0516. The molecule has 0 aliphatic carbocycles. The molecule has 0 saturated carbocycles. The molecule has 1 aromatic rings. The number of carbonyl (C=O) groups excluding carboxylic acids is 2. The Labute approximate surface area is 157 Å². The fraction of sp³-hybridized carbons (Fsp3) is 0.556. The molecule has 140 valence electrons. The number of carbonyl (C=O) groups is 2. The fourth-order valence-electron chi connectivity index (χ4n) is 1.80. The molecule has 4 nitrogen and oxygen atoms in total. The fourth-order valence-corrected chi connectivity index (χ4v) is 3.07. The first kappa shape index (κ1) is 21.8. The summed E-state index contributed by atoms with van der Waals surface area (Å²) in [6, 6.07) is 2.61. The van der Waals surface area contributed by atoms with Gasteiger partial charge in [-0.2, -0.15) is 0 Å². The number of thioether (sulfide) groups is 1. The SMILES string of the molecule is CCC(C)OC(=O)C(CC)Sc1cc(NC(=O)C(C)C)c(F)cc1Cl. The van der Waals surface area contributed by atoms with Crippen LogP contribution in [0.2, 0.25) is 5.02 Å². The molecule has 1 amide bonds. The van der Waals surface area contributed by atoms with Crippen molar-refractivity contribution >= 4 is 40.9 Å². The number of esters is 1. The third-order valence-electron chi connectivity index (χ3n) is 3.60. The molecular weight excluding hydrogens is 365 g/mol. The highest BCUT2D eigenvalue weighted by molar-refractivity contribution is 8.00. The number of ether oxygens (including phenoxy) is 1. The number of benzene rings is 1. The molecule has 7 heteroatoms. The van der Waals surface area contributed by atoms with Crippen molar-refractivity contribution in [3.05, 3.63) is 23.0 Å². The molecule has 1 aromatic carbocycles. The monoisotopic (exact) mass is 389 g/mol. The van der Waals surface area contributed by atoms with Crippen LogP contribution < -0.4 is 5.32 Å². The average Bonchev–Trinajstić information content (AvgIpc) is 2.55. The minimum atomic E-state index is -0.612. The van der Waals surface area contributed by atoms with E-state index >= 15 is 0 Å². The Kier molecular flexibility index (Phi) is 8.73. The Hall–Kier alpha value is -1.27. The van der Waals surface area contributed by atoms with E-state index in [4.69, 9.17) is 16.3 Å². The highest BCUT2D eigenvalue weighted by atomic mass is 35.5. The Bertz CT molecular complexity index is 625. The van der Waals surface area contributed by atoms with Crippen LogP contribution in [0, 0.1) is 11.7 Å². The maximum Gasteiger partial charge on any atom is 0.319 e. The summed E-state index contributed by atoms with van der Waals surface area (Å²) in [4.78, 5) is 24.6. The van der Waals surface area contributed by atoms with Crippen LogP contribution in [0.4, 0.5) is 10.1 Å². The van der Waals surface area contributed by atoms with Gasteiger partial charge in [-0.25, -0.2) is 4.39 Å². The van der Waals surface area contributed by atoms with Gasteiger partial charge in [0, 0.05) is 10.8 Å². The third-order valence-corrected chi connectivity index (χ3v) is 5.43. The van der Waals surface area contributed by atoms with Crippen LogP contribution in [0.15, 0.2) is 17.0 Å². The largest absolute Gasteiger partial charge is 0.462 e. The lowest BCUT2D eigenvalue weighted by Gasteiger charge is -2.18. The van der Waals surface area contributed by atoms with Crippen LogP contribution in [0.5, 0.6) is 0 Å². The highest BCUT2D eigenvalue weighted by Crippen LogP contribution is 2.36. The summed E-state index contributed by atoms with van der Waals surface area (Å²) in [7, 11) is 0. The Morgan fingerprint density at radius 1 is 1.24 bits per heavy atom. The van der Waals surface area contributed by atoms with Crippen LogP contribution in [-0.2, 0) is 14.3 Å². The predicted octanol–water partition coefficient (Wildman–Crippen LogP) is 5.29. The molecule has 0 fully saturated rings. The van der Waals surface area contributed by atoms with E-state index in [1.807, 2.05) is 20.8 Å². The number of amides is 1. The van der Waals surface area contributed by atoms with Crippen LogP contribution in [0.1, 0.15) is 47.5 Å². The first-order chi connectivity index (χ1) is 11.7. The molecule has 25 heavy (non-hydrogen) atoms. The maximum atomic E-state index is 14.0. The number of hydrogen-bond acceptors (Lipinski definition) is 4. The first-order valence-corrected chi connectivity index (χ1v) is 9.62. The summed E-state index contributed by atoms with van der Waals surface area (Å²) in [5.74, 6) is -1.51. The van der Waals surface area contributed by atoms with E-state index in [2.05, 4.69) is 5.32 Å². The minimum absolute atomic E-state index is 0.0516. The van der Waals surface area contributed by atoms with Gasteiger partial charge in [-0.1, -0.05) is 39.3 Å². The smallest absolute Gasteiger partial charge is 0.319 e. The lowest BCUT2D eigenvalue weighted by atomic mass is 10.2. The minimum Gasteiger partial charge on any atom is -0.462 e. The molecule has 0 saturated heterocycles. The van der Waals surface area contributed by atoms with Gasteiger partial charge in [0.1, 0.15) is 11.1 Å². The zero-order chi connectivity index (χ0) is 19.1. The summed E-state index contributed by atoms with van der Waals surface area (Å²) in [6.07, 6.45) is 1.11. The summed E-state index contributed by atoms with van der Waals surface area (Å²) < 4.78 is 19.4. The summed E-state index contributed by atoms with van der Waals surface area (Å²) in [6.45, 7) is 9.08. The zero-order valence-corrected chi connectivity index (χ0v) is 16.8. The van der Waals surface area contributed by atoms with Crippen LogP contribution in [0.3, 0.4) is 0 Å². The van der Waals surface area contributed by atoms with Gasteiger partial charge in [-0.3, -0.25) is 9.59 Å². The molecule has 0 radical (unpaired) electrons. The van der Waals surface area contributed by atoms with Gasteiger partial charge < -0.3 is 10.1 Å². The Balaban J connectivity index is 2.99. The standard InChI is InChI=1S/C18H25ClFNO3S/c1-6-11(5)24-18(23)15(7-2)25-16-9-14(13(20)8-12(16)19)21-17(22)10(3)4/h8-11,15H,6-7H2,1-5H3,(H,21,22). The third kappa shape index (κ3) is 6.51. The van der Waals surface area contributed by atoms with E-state index in [-0.39, 0.29) is 34.6 Å². The van der Waals surface area contributed by atoms with Crippen molar-refractivity contribution in [2.45, 2.75) is 63.7 Å². The highest BCUT2D eigenvalue weighted by Gasteiger charge is 2.23. The number of halogens is 2. The lowest BCUT2D eigenvalue weighted by Crippen LogP contribution is -2.24. The zero-order valence-electron chi connectivity index (χ0n) is 15.2. The lowest BCUT2D eigenvalue weighted by molar-refractivity contribution is -0.147. The number of hydrogen-bond donors (Lipinski definition) is 1. The average molecular weight is 390 g/mol. The molecule has 0 aromatic heterocycles. The van der Waals surface area contributed by atoms with Gasteiger partial charge >= 0.3 is 5.97 Å². The molecular formula is C18H25ClFNO3S. The normalized spacial score (nSPS) is 13.4. The molecule has 0 heterocycles. The van der Waals surface area contributed by atoms with Crippen molar-refractivity contribution in [1.29, 1.82) is 0 Å². The second-order valence-corrected chi connectivity index (χ2v) is 7.73. The van der Waals surface area contributed by atoms with Gasteiger partial charge in [-0.05, 0) is 31.9 Å². The molecule has 0 aliphatic heterocycles. The van der Waals surface area contributed by atoms with Crippen LogP contribution in [-0.4, -0.2) is 23.2 Å². The van der Waals surface area contributed by atoms with E-state index in [1.165, 1.54) is 17.8 Å². The predicted molar refractivity (Wildman–Crippen MR) is 101 cm³/mol. The van der Waals surface area contributed by atoms with E-state index in [1.54, 1.807) is 13.8 Å². The molecule has 1 rings (SSSR count). The number of rotatable bonds is 8. The maximum absolute atomic E-state index is 14.0. The van der Waals surface area contributed by atoms with Crippen molar-refractivity contribution in [2.75, 3.05) is 5.32 Å². The van der Waals surface area contributed by atoms with Crippen molar-refractivity contribution in [1.82, 2.24) is 0 Å². The van der Waals surface area contributed by atoms with Crippen molar-refractivity contribution in [3.8, 4) is 0 Å². The quantitative estimate of drug-likeness (QED) is 0.485. The second kappa shape index (κ2) is 10.0. The van der Waals surface area contributed by atoms with E-state index < -0.39 is 11.1 Å². The molecule has 0 spiro atoms. The van der Waals surface area contributed by atoms with Crippen LogP contribution in [0.25, 0.3) is 0 Å². The van der Waals surface area contributed by atoms with Gasteiger partial charge in [0.2, 0.25) is 5.91 Å².